The van der Waals surface area contributed by atoms with Gasteiger partial charge < -0.3 is 20.1 Å². The highest BCUT2D eigenvalue weighted by Gasteiger charge is 2.28. The second-order valence-electron chi connectivity index (χ2n) is 8.39. The number of hydrogen-bond acceptors (Lipinski definition) is 7. The first-order chi connectivity index (χ1) is 15.6. The van der Waals surface area contributed by atoms with E-state index in [0.717, 1.165) is 37.8 Å². The number of pyridine rings is 1. The van der Waals surface area contributed by atoms with E-state index in [1.54, 1.807) is 16.9 Å². The third-order valence-corrected chi connectivity index (χ3v) is 6.20. The van der Waals surface area contributed by atoms with E-state index in [2.05, 4.69) is 20.3 Å². The van der Waals surface area contributed by atoms with Crippen LogP contribution in [0.2, 0.25) is 0 Å². The first kappa shape index (κ1) is 20.6. The molecule has 0 radical (unpaired) electrons. The minimum absolute atomic E-state index is 0.0125. The van der Waals surface area contributed by atoms with Crippen LogP contribution in [0.5, 0.6) is 5.75 Å². The standard InChI is InChI=1S/C22H25FN6O3/c23-15-10-14(11-24-12-15)18-2-1-8-28(18)20-7-9-29-21(27-20)19(13-25-29)32-22(31)26-16-3-5-17(30)6-4-16/h7,9-13,16-18,30H,1-6,8H2,(H,26,31)/t16?,17?,18-/m1/s1. The number of rotatable bonds is 4. The van der Waals surface area contributed by atoms with E-state index in [0.29, 0.717) is 24.3 Å². The van der Waals surface area contributed by atoms with Gasteiger partial charge in [0.05, 0.1) is 24.5 Å². The van der Waals surface area contributed by atoms with Gasteiger partial charge in [0.2, 0.25) is 5.65 Å². The van der Waals surface area contributed by atoms with Gasteiger partial charge in [-0.3, -0.25) is 4.98 Å². The second kappa shape index (κ2) is 8.70. The maximum Gasteiger partial charge on any atom is 0.413 e. The van der Waals surface area contributed by atoms with Crippen molar-refractivity contribution in [1.82, 2.24) is 24.9 Å². The lowest BCUT2D eigenvalue weighted by molar-refractivity contribution is 0.115. The molecule has 1 amide bonds. The third-order valence-electron chi connectivity index (χ3n) is 6.20. The number of hydrogen-bond donors (Lipinski definition) is 2. The third kappa shape index (κ3) is 4.22. The molecule has 1 saturated carbocycles. The van der Waals surface area contributed by atoms with E-state index in [-0.39, 0.29) is 29.8 Å². The molecule has 0 aromatic carbocycles. The Hall–Kier alpha value is -3.27. The fourth-order valence-electron chi connectivity index (χ4n) is 4.58. The van der Waals surface area contributed by atoms with Gasteiger partial charge in [0.25, 0.3) is 0 Å². The number of aliphatic hydroxyl groups is 1. The van der Waals surface area contributed by atoms with E-state index in [4.69, 9.17) is 9.72 Å². The number of nitrogens with one attached hydrogen (secondary N) is 1. The van der Waals surface area contributed by atoms with Crippen LogP contribution >= 0.6 is 0 Å². The average molecular weight is 440 g/mol. The van der Waals surface area contributed by atoms with Gasteiger partial charge in [-0.05, 0) is 56.2 Å². The Labute approximate surface area is 184 Å². The summed E-state index contributed by atoms with van der Waals surface area (Å²) in [5.41, 5.74) is 1.24. The number of carbonyl (C=O) groups excluding carboxylic acids is 1. The summed E-state index contributed by atoms with van der Waals surface area (Å²) >= 11 is 0. The van der Waals surface area contributed by atoms with Crippen LogP contribution in [0.3, 0.4) is 0 Å². The number of anilines is 1. The molecular weight excluding hydrogens is 415 g/mol. The van der Waals surface area contributed by atoms with Crippen LogP contribution in [0, 0.1) is 5.82 Å². The van der Waals surface area contributed by atoms with Crippen molar-refractivity contribution in [2.24, 2.45) is 0 Å². The SMILES string of the molecule is O=C(NC1CCC(O)CC1)Oc1cnn2ccc(N3CCC[C@@H]3c3cncc(F)c3)nc12. The lowest BCUT2D eigenvalue weighted by Crippen LogP contribution is -2.40. The van der Waals surface area contributed by atoms with E-state index in [9.17, 15) is 14.3 Å². The predicted molar refractivity (Wildman–Crippen MR) is 114 cm³/mol. The number of fused-ring (bicyclic) bond motifs is 1. The summed E-state index contributed by atoms with van der Waals surface area (Å²) in [4.78, 5) is 23.2. The van der Waals surface area contributed by atoms with Crippen LogP contribution < -0.4 is 15.0 Å². The van der Waals surface area contributed by atoms with E-state index in [1.165, 1.54) is 18.5 Å². The number of amides is 1. The van der Waals surface area contributed by atoms with Crippen LogP contribution in [-0.4, -0.2) is 49.5 Å². The van der Waals surface area contributed by atoms with Gasteiger partial charge in [-0.15, -0.1) is 0 Å². The molecule has 168 valence electrons. The van der Waals surface area contributed by atoms with Crippen molar-refractivity contribution in [2.75, 3.05) is 11.4 Å². The minimum Gasteiger partial charge on any atom is -0.405 e. The van der Waals surface area contributed by atoms with Crippen molar-refractivity contribution in [3.05, 3.63) is 48.3 Å². The van der Waals surface area contributed by atoms with Gasteiger partial charge in [-0.2, -0.15) is 5.10 Å². The van der Waals surface area contributed by atoms with Crippen LogP contribution in [-0.2, 0) is 0 Å². The van der Waals surface area contributed by atoms with Crippen molar-refractivity contribution < 1.29 is 19.0 Å². The number of aliphatic hydroxyl groups excluding tert-OH is 1. The first-order valence-electron chi connectivity index (χ1n) is 10.9. The Bertz CT molecular complexity index is 1110. The Morgan fingerprint density at radius 1 is 1.19 bits per heavy atom. The summed E-state index contributed by atoms with van der Waals surface area (Å²) in [6, 6.07) is 3.32. The maximum absolute atomic E-state index is 13.7. The van der Waals surface area contributed by atoms with Crippen molar-refractivity contribution in [3.63, 3.8) is 0 Å². The van der Waals surface area contributed by atoms with Crippen molar-refractivity contribution in [1.29, 1.82) is 0 Å². The molecule has 3 aromatic heterocycles. The summed E-state index contributed by atoms with van der Waals surface area (Å²) < 4.78 is 20.8. The molecule has 1 aliphatic heterocycles. The van der Waals surface area contributed by atoms with Gasteiger partial charge >= 0.3 is 6.09 Å². The predicted octanol–water partition coefficient (Wildman–Crippen LogP) is 3.00. The van der Waals surface area contributed by atoms with Crippen LogP contribution in [0.4, 0.5) is 15.0 Å². The topological polar surface area (TPSA) is 105 Å². The molecule has 1 atom stereocenters. The van der Waals surface area contributed by atoms with Gasteiger partial charge in [-0.25, -0.2) is 18.7 Å². The van der Waals surface area contributed by atoms with Crippen molar-refractivity contribution in [3.8, 4) is 5.75 Å². The van der Waals surface area contributed by atoms with Gasteiger partial charge in [0.15, 0.2) is 5.75 Å². The highest BCUT2D eigenvalue weighted by Crippen LogP contribution is 2.35. The summed E-state index contributed by atoms with van der Waals surface area (Å²) in [7, 11) is 0. The molecule has 0 spiro atoms. The second-order valence-corrected chi connectivity index (χ2v) is 8.39. The molecule has 2 fully saturated rings. The summed E-state index contributed by atoms with van der Waals surface area (Å²) in [6.07, 6.45) is 9.89. The largest absolute Gasteiger partial charge is 0.413 e. The van der Waals surface area contributed by atoms with Crippen molar-refractivity contribution in [2.45, 2.75) is 56.7 Å². The Balaban J connectivity index is 1.34. The fourth-order valence-corrected chi connectivity index (χ4v) is 4.58. The number of ether oxygens (including phenoxy) is 1. The van der Waals surface area contributed by atoms with Gasteiger partial charge in [0, 0.05) is 25.0 Å². The lowest BCUT2D eigenvalue weighted by atomic mass is 9.93. The molecule has 0 bridgehead atoms. The average Bonchev–Trinajstić information content (AvgIpc) is 3.43. The molecule has 32 heavy (non-hydrogen) atoms. The molecule has 1 saturated heterocycles. The Morgan fingerprint density at radius 2 is 2.03 bits per heavy atom. The molecule has 4 heterocycles. The van der Waals surface area contributed by atoms with E-state index in [1.807, 2.05) is 6.07 Å². The molecular formula is C22H25FN6O3. The highest BCUT2D eigenvalue weighted by molar-refractivity contribution is 5.73. The molecule has 2 aliphatic rings. The molecule has 0 unspecified atom stereocenters. The molecule has 5 rings (SSSR count). The quantitative estimate of drug-likeness (QED) is 0.643. The maximum atomic E-state index is 13.7. The highest BCUT2D eigenvalue weighted by atomic mass is 19.1. The minimum atomic E-state index is -0.557. The van der Waals surface area contributed by atoms with E-state index >= 15 is 0 Å². The molecule has 1 aliphatic carbocycles. The van der Waals surface area contributed by atoms with E-state index < -0.39 is 6.09 Å². The van der Waals surface area contributed by atoms with Crippen LogP contribution in [0.25, 0.3) is 5.65 Å². The number of nitrogens with zero attached hydrogens (tertiary/aromatic N) is 5. The van der Waals surface area contributed by atoms with Gasteiger partial charge in [0.1, 0.15) is 11.6 Å². The monoisotopic (exact) mass is 440 g/mol. The molecule has 10 heteroatoms. The summed E-state index contributed by atoms with van der Waals surface area (Å²) in [6.45, 7) is 0.780. The van der Waals surface area contributed by atoms with Crippen molar-refractivity contribution >= 4 is 17.6 Å². The number of aromatic nitrogens is 4. The molecule has 9 nitrogen and oxygen atoms in total. The molecule has 2 N–H and O–H groups in total. The Morgan fingerprint density at radius 3 is 2.84 bits per heavy atom. The van der Waals surface area contributed by atoms with Crippen LogP contribution in [0.15, 0.2) is 36.9 Å². The zero-order valence-electron chi connectivity index (χ0n) is 17.5. The Kier molecular flexibility index (Phi) is 5.60. The lowest BCUT2D eigenvalue weighted by Gasteiger charge is -2.26. The number of carbonyl (C=O) groups is 1. The zero-order chi connectivity index (χ0) is 22.1. The van der Waals surface area contributed by atoms with Gasteiger partial charge in [-0.1, -0.05) is 0 Å². The summed E-state index contributed by atoms with van der Waals surface area (Å²) in [5.74, 6) is 0.613. The smallest absolute Gasteiger partial charge is 0.405 e. The fraction of sp³-hybridized carbons (Fsp3) is 0.455. The normalized spacial score (nSPS) is 23.4. The summed E-state index contributed by atoms with van der Waals surface area (Å²) in [5, 5.41) is 16.7. The number of halogens is 1. The molecule has 3 aromatic rings. The zero-order valence-corrected chi connectivity index (χ0v) is 17.5. The first-order valence-corrected chi connectivity index (χ1v) is 10.9. The van der Waals surface area contributed by atoms with Crippen LogP contribution in [0.1, 0.15) is 50.1 Å².